The Morgan fingerprint density at radius 1 is 1.19 bits per heavy atom. The molecule has 0 fully saturated rings. The van der Waals surface area contributed by atoms with Crippen LogP contribution in [-0.2, 0) is 16.1 Å². The minimum absolute atomic E-state index is 0.0372. The third kappa shape index (κ3) is 4.25. The van der Waals surface area contributed by atoms with Crippen LogP contribution in [0.1, 0.15) is 27.5 Å². The fourth-order valence-electron chi connectivity index (χ4n) is 2.77. The molecule has 140 valence electrons. The lowest BCUT2D eigenvalue weighted by Gasteiger charge is -2.09. The molecule has 7 heteroatoms. The molecule has 1 amide bonds. The van der Waals surface area contributed by atoms with E-state index in [1.54, 1.807) is 31.4 Å². The maximum atomic E-state index is 13.5. The Morgan fingerprint density at radius 2 is 1.96 bits per heavy atom. The zero-order chi connectivity index (χ0) is 19.4. The van der Waals surface area contributed by atoms with E-state index in [0.717, 1.165) is 11.5 Å². The van der Waals surface area contributed by atoms with Gasteiger partial charge >= 0.3 is 5.97 Å². The summed E-state index contributed by atoms with van der Waals surface area (Å²) in [7, 11) is 0. The maximum Gasteiger partial charge on any atom is 0.340 e. The van der Waals surface area contributed by atoms with E-state index in [1.165, 1.54) is 18.2 Å². The molecule has 0 aliphatic heterocycles. The van der Waals surface area contributed by atoms with Crippen LogP contribution in [-0.4, -0.2) is 23.1 Å². The van der Waals surface area contributed by atoms with Gasteiger partial charge in [-0.1, -0.05) is 12.1 Å². The number of anilines is 1. The second kappa shape index (κ2) is 7.90. The molecule has 3 aromatic rings. The van der Waals surface area contributed by atoms with Crippen molar-refractivity contribution >= 4 is 17.6 Å². The first-order chi connectivity index (χ1) is 13.0. The van der Waals surface area contributed by atoms with Crippen LogP contribution >= 0.6 is 0 Å². The van der Waals surface area contributed by atoms with Crippen LogP contribution in [0.5, 0.6) is 0 Å². The van der Waals surface area contributed by atoms with E-state index in [1.807, 2.05) is 17.6 Å². The van der Waals surface area contributed by atoms with Gasteiger partial charge in [0.2, 0.25) is 0 Å². The summed E-state index contributed by atoms with van der Waals surface area (Å²) in [4.78, 5) is 24.2. The molecule has 0 saturated heterocycles. The highest BCUT2D eigenvalue weighted by atomic mass is 19.1. The van der Waals surface area contributed by atoms with E-state index in [9.17, 15) is 14.0 Å². The topological polar surface area (TPSA) is 73.5 Å². The highest BCUT2D eigenvalue weighted by Gasteiger charge is 2.19. The van der Waals surface area contributed by atoms with E-state index in [2.05, 4.69) is 5.32 Å². The summed E-state index contributed by atoms with van der Waals surface area (Å²) < 4.78 is 25.9. The normalized spacial score (nSPS) is 10.6. The van der Waals surface area contributed by atoms with Gasteiger partial charge in [0.1, 0.15) is 11.6 Å². The molecule has 0 aliphatic carbocycles. The van der Waals surface area contributed by atoms with E-state index < -0.39 is 24.3 Å². The lowest BCUT2D eigenvalue weighted by Crippen LogP contribution is -2.21. The number of furan rings is 1. The lowest BCUT2D eigenvalue weighted by molar-refractivity contribution is -0.119. The van der Waals surface area contributed by atoms with Crippen molar-refractivity contribution in [3.63, 3.8) is 0 Å². The molecule has 1 aromatic carbocycles. The standard InChI is InChI=1S/C20H19FN2O4/c1-13-10-16(14(2)23(13)11-15-6-5-9-26-15)20(25)27-12-19(24)22-18-8-4-3-7-17(18)21/h3-10H,11-12H2,1-2H3,(H,22,24). The number of para-hydroxylation sites is 1. The van der Waals surface area contributed by atoms with Gasteiger partial charge in [0.05, 0.1) is 24.1 Å². The second-order valence-electron chi connectivity index (χ2n) is 6.05. The largest absolute Gasteiger partial charge is 0.467 e. The number of hydrogen-bond donors (Lipinski definition) is 1. The monoisotopic (exact) mass is 370 g/mol. The van der Waals surface area contributed by atoms with Gasteiger partial charge in [-0.05, 0) is 44.2 Å². The Hall–Kier alpha value is -3.35. The van der Waals surface area contributed by atoms with Crippen LogP contribution in [0.3, 0.4) is 0 Å². The van der Waals surface area contributed by atoms with Crippen molar-refractivity contribution in [1.29, 1.82) is 0 Å². The number of carbonyl (C=O) groups is 2. The number of hydrogen-bond acceptors (Lipinski definition) is 4. The summed E-state index contributed by atoms with van der Waals surface area (Å²) in [6.07, 6.45) is 1.59. The van der Waals surface area contributed by atoms with Crippen LogP contribution in [0.4, 0.5) is 10.1 Å². The van der Waals surface area contributed by atoms with Gasteiger partial charge < -0.3 is 19.0 Å². The second-order valence-corrected chi connectivity index (χ2v) is 6.05. The van der Waals surface area contributed by atoms with E-state index in [-0.39, 0.29) is 5.69 Å². The molecule has 0 unspecified atom stereocenters. The molecule has 27 heavy (non-hydrogen) atoms. The molecule has 3 rings (SSSR count). The molecular formula is C20H19FN2O4. The third-order valence-corrected chi connectivity index (χ3v) is 4.17. The number of aryl methyl sites for hydroxylation is 1. The predicted octanol–water partition coefficient (Wildman–Crippen LogP) is 3.68. The first kappa shape index (κ1) is 18.4. The molecule has 1 N–H and O–H groups in total. The molecule has 2 heterocycles. The van der Waals surface area contributed by atoms with Gasteiger partial charge in [0.25, 0.3) is 5.91 Å². The molecule has 0 atom stereocenters. The van der Waals surface area contributed by atoms with Gasteiger partial charge in [0.15, 0.2) is 6.61 Å². The molecule has 0 saturated carbocycles. The molecule has 0 radical (unpaired) electrons. The van der Waals surface area contributed by atoms with Crippen molar-refractivity contribution in [1.82, 2.24) is 4.57 Å². The number of aromatic nitrogens is 1. The number of nitrogens with one attached hydrogen (secondary N) is 1. The first-order valence-electron chi connectivity index (χ1n) is 8.36. The number of amides is 1. The summed E-state index contributed by atoms with van der Waals surface area (Å²) in [6, 6.07) is 11.1. The summed E-state index contributed by atoms with van der Waals surface area (Å²) in [6.45, 7) is 3.66. The predicted molar refractivity (Wildman–Crippen MR) is 97.0 cm³/mol. The quantitative estimate of drug-likeness (QED) is 0.672. The number of halogens is 1. The van der Waals surface area contributed by atoms with Crippen molar-refractivity contribution < 1.29 is 23.1 Å². The Kier molecular flexibility index (Phi) is 5.40. The number of nitrogens with zero attached hydrogens (tertiary/aromatic N) is 1. The smallest absolute Gasteiger partial charge is 0.340 e. The molecule has 2 aromatic heterocycles. The van der Waals surface area contributed by atoms with E-state index in [4.69, 9.17) is 9.15 Å². The van der Waals surface area contributed by atoms with Crippen LogP contribution in [0.2, 0.25) is 0 Å². The Labute approximate surface area is 155 Å². The van der Waals surface area contributed by atoms with Gasteiger partial charge in [0, 0.05) is 11.4 Å². The Balaban J connectivity index is 1.63. The Bertz CT molecular complexity index is 961. The average Bonchev–Trinajstić information content (AvgIpc) is 3.25. The summed E-state index contributed by atoms with van der Waals surface area (Å²) in [5.41, 5.74) is 1.99. The average molecular weight is 370 g/mol. The minimum atomic E-state index is -0.613. The number of benzene rings is 1. The van der Waals surface area contributed by atoms with Crippen molar-refractivity contribution in [2.75, 3.05) is 11.9 Å². The number of esters is 1. The van der Waals surface area contributed by atoms with Crippen LogP contribution in [0.25, 0.3) is 0 Å². The van der Waals surface area contributed by atoms with Crippen LogP contribution < -0.4 is 5.32 Å². The van der Waals surface area contributed by atoms with Crippen molar-refractivity contribution in [2.45, 2.75) is 20.4 Å². The summed E-state index contributed by atoms with van der Waals surface area (Å²) in [5, 5.41) is 2.37. The maximum absolute atomic E-state index is 13.5. The van der Waals surface area contributed by atoms with E-state index in [0.29, 0.717) is 17.8 Å². The van der Waals surface area contributed by atoms with E-state index >= 15 is 0 Å². The van der Waals surface area contributed by atoms with Crippen LogP contribution in [0, 0.1) is 19.7 Å². The van der Waals surface area contributed by atoms with Crippen LogP contribution in [0.15, 0.2) is 53.1 Å². The highest BCUT2D eigenvalue weighted by molar-refractivity contribution is 5.96. The third-order valence-electron chi connectivity index (χ3n) is 4.17. The summed E-state index contributed by atoms with van der Waals surface area (Å²) >= 11 is 0. The zero-order valence-electron chi connectivity index (χ0n) is 15.0. The van der Waals surface area contributed by atoms with Crippen molar-refractivity contribution in [2.24, 2.45) is 0 Å². The fourth-order valence-corrected chi connectivity index (χ4v) is 2.77. The van der Waals surface area contributed by atoms with Crippen molar-refractivity contribution in [3.05, 3.63) is 77.3 Å². The fraction of sp³-hybridized carbons (Fsp3) is 0.200. The highest BCUT2D eigenvalue weighted by Crippen LogP contribution is 2.18. The Morgan fingerprint density at radius 3 is 2.67 bits per heavy atom. The molecule has 6 nitrogen and oxygen atoms in total. The molecule has 0 bridgehead atoms. The zero-order valence-corrected chi connectivity index (χ0v) is 15.0. The van der Waals surface area contributed by atoms with Gasteiger partial charge in [-0.2, -0.15) is 0 Å². The first-order valence-corrected chi connectivity index (χ1v) is 8.36. The SMILES string of the molecule is Cc1cc(C(=O)OCC(=O)Nc2ccccc2F)c(C)n1Cc1ccco1. The molecule has 0 spiro atoms. The number of rotatable bonds is 6. The summed E-state index contributed by atoms with van der Waals surface area (Å²) in [5.74, 6) is -1.02. The van der Waals surface area contributed by atoms with Gasteiger partial charge in [-0.25, -0.2) is 9.18 Å². The lowest BCUT2D eigenvalue weighted by atomic mass is 10.2. The number of carbonyl (C=O) groups excluding carboxylic acids is 2. The minimum Gasteiger partial charge on any atom is -0.467 e. The van der Waals surface area contributed by atoms with Crippen molar-refractivity contribution in [3.8, 4) is 0 Å². The molecule has 0 aliphatic rings. The van der Waals surface area contributed by atoms with Gasteiger partial charge in [-0.15, -0.1) is 0 Å². The van der Waals surface area contributed by atoms with Gasteiger partial charge in [-0.3, -0.25) is 4.79 Å². The molecular weight excluding hydrogens is 351 g/mol. The number of ether oxygens (including phenoxy) is 1.